The fraction of sp³-hybridized carbons (Fsp3) is 0.385. The highest BCUT2D eigenvalue weighted by molar-refractivity contribution is 5.74. The van der Waals surface area contributed by atoms with E-state index in [1.165, 1.54) is 0 Å². The average Bonchev–Trinajstić information content (AvgIpc) is 2.86. The third-order valence-corrected chi connectivity index (χ3v) is 2.91. The summed E-state index contributed by atoms with van der Waals surface area (Å²) in [5.41, 5.74) is 0.870. The van der Waals surface area contributed by atoms with Crippen molar-refractivity contribution >= 4 is 12.1 Å². The maximum atomic E-state index is 11.6. The molecule has 2 N–H and O–H groups in total. The van der Waals surface area contributed by atoms with Gasteiger partial charge < -0.3 is 19.9 Å². The van der Waals surface area contributed by atoms with Crippen molar-refractivity contribution in [1.82, 2.24) is 5.32 Å². The first-order valence-corrected chi connectivity index (χ1v) is 5.94. The molecule has 2 rings (SSSR count). The van der Waals surface area contributed by atoms with Crippen LogP contribution >= 0.6 is 0 Å². The quantitative estimate of drug-likeness (QED) is 0.848. The number of aliphatic carboxylic acids is 1. The number of hydrogen-bond donors (Lipinski definition) is 2. The minimum absolute atomic E-state index is 0.110. The van der Waals surface area contributed by atoms with Crippen LogP contribution < -0.4 is 5.32 Å². The Bertz CT molecular complexity index is 448. The Morgan fingerprint density at radius 3 is 2.74 bits per heavy atom. The first-order chi connectivity index (χ1) is 9.16. The molecule has 1 heterocycles. The zero-order valence-corrected chi connectivity index (χ0v) is 10.2. The van der Waals surface area contributed by atoms with E-state index in [0.29, 0.717) is 0 Å². The van der Waals surface area contributed by atoms with E-state index in [1.807, 2.05) is 30.3 Å². The van der Waals surface area contributed by atoms with Crippen molar-refractivity contribution in [3.8, 4) is 0 Å². The summed E-state index contributed by atoms with van der Waals surface area (Å²) in [6.45, 7) is 0.453. The first kappa shape index (κ1) is 13.4. The zero-order valence-electron chi connectivity index (χ0n) is 10.2. The third kappa shape index (κ3) is 3.69. The molecule has 0 radical (unpaired) electrons. The average molecular weight is 265 g/mol. The number of hydrogen-bond acceptors (Lipinski definition) is 4. The second-order valence-electron chi connectivity index (χ2n) is 4.29. The Kier molecular flexibility index (Phi) is 4.35. The van der Waals surface area contributed by atoms with E-state index in [0.717, 1.165) is 5.56 Å². The highest BCUT2D eigenvalue weighted by atomic mass is 16.5. The van der Waals surface area contributed by atoms with Crippen molar-refractivity contribution in [2.75, 3.05) is 13.2 Å². The second-order valence-corrected chi connectivity index (χ2v) is 4.29. The van der Waals surface area contributed by atoms with E-state index in [-0.39, 0.29) is 19.8 Å². The van der Waals surface area contributed by atoms with E-state index in [2.05, 4.69) is 5.32 Å². The Morgan fingerprint density at radius 2 is 2.05 bits per heavy atom. The van der Waals surface area contributed by atoms with E-state index in [4.69, 9.17) is 14.6 Å². The summed E-state index contributed by atoms with van der Waals surface area (Å²) >= 11 is 0. The van der Waals surface area contributed by atoms with Gasteiger partial charge in [-0.15, -0.1) is 0 Å². The molecule has 1 fully saturated rings. The summed E-state index contributed by atoms with van der Waals surface area (Å²) in [7, 11) is 0. The molecule has 0 saturated carbocycles. The molecule has 6 heteroatoms. The van der Waals surface area contributed by atoms with Crippen LogP contribution in [-0.4, -0.2) is 36.4 Å². The molecule has 0 bridgehead atoms. The fourth-order valence-corrected chi connectivity index (χ4v) is 1.86. The van der Waals surface area contributed by atoms with Gasteiger partial charge in [0.1, 0.15) is 12.5 Å². The second kappa shape index (κ2) is 6.19. The zero-order chi connectivity index (χ0) is 13.7. The smallest absolute Gasteiger partial charge is 0.407 e. The van der Waals surface area contributed by atoms with Gasteiger partial charge in [-0.05, 0) is 5.56 Å². The van der Waals surface area contributed by atoms with Gasteiger partial charge in [0.05, 0.1) is 19.3 Å². The maximum Gasteiger partial charge on any atom is 0.407 e. The predicted molar refractivity (Wildman–Crippen MR) is 65.5 cm³/mol. The molecule has 1 saturated heterocycles. The monoisotopic (exact) mass is 265 g/mol. The molecule has 1 aliphatic rings. The number of benzene rings is 1. The van der Waals surface area contributed by atoms with E-state index >= 15 is 0 Å². The lowest BCUT2D eigenvalue weighted by atomic mass is 10.1. The summed E-state index contributed by atoms with van der Waals surface area (Å²) < 4.78 is 10.1. The van der Waals surface area contributed by atoms with Gasteiger partial charge in [-0.3, -0.25) is 4.79 Å². The Hall–Kier alpha value is -2.08. The lowest BCUT2D eigenvalue weighted by molar-refractivity contribution is -0.142. The van der Waals surface area contributed by atoms with Crippen LogP contribution in [0.4, 0.5) is 4.79 Å². The first-order valence-electron chi connectivity index (χ1n) is 5.94. The van der Waals surface area contributed by atoms with Crippen molar-refractivity contribution in [3.05, 3.63) is 35.9 Å². The van der Waals surface area contributed by atoms with Crippen LogP contribution in [-0.2, 0) is 20.9 Å². The summed E-state index contributed by atoms with van der Waals surface area (Å²) in [6, 6.07) is 8.71. The van der Waals surface area contributed by atoms with Crippen LogP contribution in [0.1, 0.15) is 5.56 Å². The number of carbonyl (C=O) groups is 2. The van der Waals surface area contributed by atoms with Gasteiger partial charge in [-0.2, -0.15) is 0 Å². The molecule has 0 spiro atoms. The number of amides is 1. The SMILES string of the molecule is O=C(N[C@H]1COC[C@@H]1C(=O)O)OCc1ccccc1. The molecule has 1 aromatic carbocycles. The molecule has 1 aromatic rings. The lowest BCUT2D eigenvalue weighted by Gasteiger charge is -2.15. The molecule has 1 aliphatic heterocycles. The fourth-order valence-electron chi connectivity index (χ4n) is 1.86. The Morgan fingerprint density at radius 1 is 1.32 bits per heavy atom. The summed E-state index contributed by atoms with van der Waals surface area (Å²) in [4.78, 5) is 22.5. The maximum absolute atomic E-state index is 11.6. The number of rotatable bonds is 4. The van der Waals surface area contributed by atoms with Gasteiger partial charge in [0.15, 0.2) is 0 Å². The Labute approximate surface area is 110 Å². The van der Waals surface area contributed by atoms with Gasteiger partial charge in [0.2, 0.25) is 0 Å². The van der Waals surface area contributed by atoms with Crippen molar-refractivity contribution < 1.29 is 24.2 Å². The molecular weight excluding hydrogens is 250 g/mol. The van der Waals surface area contributed by atoms with Gasteiger partial charge in [-0.1, -0.05) is 30.3 Å². The Balaban J connectivity index is 1.80. The van der Waals surface area contributed by atoms with E-state index < -0.39 is 24.0 Å². The van der Waals surface area contributed by atoms with Crippen LogP contribution in [0.2, 0.25) is 0 Å². The van der Waals surface area contributed by atoms with Crippen molar-refractivity contribution in [2.45, 2.75) is 12.6 Å². The minimum Gasteiger partial charge on any atom is -0.481 e. The lowest BCUT2D eigenvalue weighted by Crippen LogP contribution is -2.42. The van der Waals surface area contributed by atoms with Gasteiger partial charge in [0, 0.05) is 0 Å². The largest absolute Gasteiger partial charge is 0.481 e. The normalized spacial score (nSPS) is 21.9. The molecule has 0 unspecified atom stereocenters. The minimum atomic E-state index is -0.981. The summed E-state index contributed by atoms with van der Waals surface area (Å²) in [6.07, 6.45) is -0.634. The van der Waals surface area contributed by atoms with Crippen LogP contribution in [0.5, 0.6) is 0 Å². The summed E-state index contributed by atoms with van der Waals surface area (Å²) in [5.74, 6) is -1.70. The van der Waals surface area contributed by atoms with Gasteiger partial charge >= 0.3 is 12.1 Å². The summed E-state index contributed by atoms with van der Waals surface area (Å²) in [5, 5.41) is 11.4. The molecule has 0 aromatic heterocycles. The molecule has 19 heavy (non-hydrogen) atoms. The topological polar surface area (TPSA) is 84.9 Å². The molecule has 102 valence electrons. The van der Waals surface area contributed by atoms with Crippen molar-refractivity contribution in [2.24, 2.45) is 5.92 Å². The number of carbonyl (C=O) groups excluding carboxylic acids is 1. The van der Waals surface area contributed by atoms with Crippen molar-refractivity contribution in [3.63, 3.8) is 0 Å². The molecule has 6 nitrogen and oxygen atoms in total. The number of carboxylic acid groups (broad SMARTS) is 1. The number of alkyl carbamates (subject to hydrolysis) is 1. The van der Waals surface area contributed by atoms with E-state index in [9.17, 15) is 9.59 Å². The van der Waals surface area contributed by atoms with Crippen LogP contribution in [0.15, 0.2) is 30.3 Å². The molecule has 0 aliphatic carbocycles. The van der Waals surface area contributed by atoms with E-state index in [1.54, 1.807) is 0 Å². The molecular formula is C13H15NO5. The predicted octanol–water partition coefficient (Wildman–Crippen LogP) is 1.01. The third-order valence-electron chi connectivity index (χ3n) is 2.91. The number of ether oxygens (including phenoxy) is 2. The van der Waals surface area contributed by atoms with Crippen molar-refractivity contribution in [1.29, 1.82) is 0 Å². The van der Waals surface area contributed by atoms with Crippen LogP contribution in [0, 0.1) is 5.92 Å². The van der Waals surface area contributed by atoms with Crippen LogP contribution in [0.25, 0.3) is 0 Å². The number of nitrogens with one attached hydrogen (secondary N) is 1. The number of carboxylic acids is 1. The highest BCUT2D eigenvalue weighted by Gasteiger charge is 2.35. The molecule has 1 amide bonds. The molecule has 2 atom stereocenters. The highest BCUT2D eigenvalue weighted by Crippen LogP contribution is 2.14. The van der Waals surface area contributed by atoms with Crippen LogP contribution in [0.3, 0.4) is 0 Å². The van der Waals surface area contributed by atoms with Gasteiger partial charge in [-0.25, -0.2) is 4.79 Å². The standard InChI is InChI=1S/C13H15NO5/c15-12(16)10-7-18-8-11(10)14-13(17)19-6-9-4-2-1-3-5-9/h1-5,10-11H,6-8H2,(H,14,17)(H,15,16)/t10-,11-/m0/s1. The van der Waals surface area contributed by atoms with Gasteiger partial charge in [0.25, 0.3) is 0 Å².